The Balaban J connectivity index is 2.13. The van der Waals surface area contributed by atoms with Crippen LogP contribution in [-0.4, -0.2) is 44.2 Å². The molecule has 106 valence electrons. The molecule has 2 rings (SSSR count). The van der Waals surface area contributed by atoms with Crippen molar-refractivity contribution in [1.82, 2.24) is 10.2 Å². The lowest BCUT2D eigenvalue weighted by atomic mass is 10.1. The van der Waals surface area contributed by atoms with Gasteiger partial charge in [-0.25, -0.2) is 4.39 Å². The smallest absolute Gasteiger partial charge is 0.125 e. The van der Waals surface area contributed by atoms with Gasteiger partial charge in [0.25, 0.3) is 0 Å². The maximum absolute atomic E-state index is 13.7. The van der Waals surface area contributed by atoms with E-state index < -0.39 is 0 Å². The molecule has 1 aromatic rings. The number of nitrogens with zero attached hydrogens (tertiary/aromatic N) is 2. The maximum atomic E-state index is 13.7. The third-order valence-corrected chi connectivity index (χ3v) is 3.85. The first-order valence-corrected chi connectivity index (χ1v) is 7.05. The van der Waals surface area contributed by atoms with Crippen LogP contribution in [-0.2, 0) is 6.54 Å². The number of piperazine rings is 1. The molecule has 1 unspecified atom stereocenters. The summed E-state index contributed by atoms with van der Waals surface area (Å²) in [5.74, 6) is -0.142. The molecule has 0 aliphatic carbocycles. The summed E-state index contributed by atoms with van der Waals surface area (Å²) < 4.78 is 13.7. The molecule has 1 atom stereocenters. The minimum atomic E-state index is -0.142. The molecular formula is C15H24FN3. The van der Waals surface area contributed by atoms with Crippen LogP contribution in [0.15, 0.2) is 18.2 Å². The van der Waals surface area contributed by atoms with Crippen molar-refractivity contribution in [3.63, 3.8) is 0 Å². The Bertz CT molecular complexity index is 422. The van der Waals surface area contributed by atoms with E-state index in [-0.39, 0.29) is 5.82 Å². The molecule has 3 nitrogen and oxygen atoms in total. The molecule has 0 aromatic heterocycles. The number of benzene rings is 1. The van der Waals surface area contributed by atoms with Crippen LogP contribution in [0.5, 0.6) is 0 Å². The van der Waals surface area contributed by atoms with Crippen molar-refractivity contribution in [3.05, 3.63) is 29.6 Å². The average molecular weight is 265 g/mol. The lowest BCUT2D eigenvalue weighted by molar-refractivity contribution is 0.234. The largest absolute Gasteiger partial charge is 0.369 e. The zero-order valence-corrected chi connectivity index (χ0v) is 12.1. The Hall–Kier alpha value is -1.13. The zero-order valence-electron chi connectivity index (χ0n) is 12.1. The molecule has 1 N–H and O–H groups in total. The molecule has 4 heteroatoms. The fourth-order valence-electron chi connectivity index (χ4n) is 2.47. The maximum Gasteiger partial charge on any atom is 0.125 e. The van der Waals surface area contributed by atoms with Gasteiger partial charge in [0.2, 0.25) is 0 Å². The Kier molecular flexibility index (Phi) is 4.77. The van der Waals surface area contributed by atoms with Gasteiger partial charge < -0.3 is 15.1 Å². The molecule has 19 heavy (non-hydrogen) atoms. The quantitative estimate of drug-likeness (QED) is 0.899. The Morgan fingerprint density at radius 2 is 2.11 bits per heavy atom. The van der Waals surface area contributed by atoms with E-state index in [1.807, 2.05) is 0 Å². The van der Waals surface area contributed by atoms with E-state index in [1.54, 1.807) is 12.1 Å². The number of halogens is 1. The predicted octanol–water partition coefficient (Wildman–Crippen LogP) is 2.08. The standard InChI is InChI=1S/C15H24FN3/c1-4-17-10-13-7-14(16)9-15(8-13)19-6-5-18(3)12(2)11-19/h7-9,12,17H,4-6,10-11H2,1-3H3. The summed E-state index contributed by atoms with van der Waals surface area (Å²) in [7, 11) is 2.14. The molecule has 1 aromatic carbocycles. The van der Waals surface area contributed by atoms with Crippen LogP contribution in [0.25, 0.3) is 0 Å². The minimum Gasteiger partial charge on any atom is -0.369 e. The number of likely N-dealkylation sites (N-methyl/N-ethyl adjacent to an activating group) is 1. The molecule has 0 spiro atoms. The normalized spacial score (nSPS) is 20.8. The van der Waals surface area contributed by atoms with Gasteiger partial charge >= 0.3 is 0 Å². The monoisotopic (exact) mass is 265 g/mol. The molecule has 0 saturated carbocycles. The number of anilines is 1. The highest BCUT2D eigenvalue weighted by Crippen LogP contribution is 2.21. The van der Waals surface area contributed by atoms with Gasteiger partial charge in [-0.2, -0.15) is 0 Å². The third-order valence-electron chi connectivity index (χ3n) is 3.85. The predicted molar refractivity (Wildman–Crippen MR) is 78.1 cm³/mol. The molecule has 1 saturated heterocycles. The van der Waals surface area contributed by atoms with Crippen molar-refractivity contribution in [2.75, 3.05) is 38.1 Å². The van der Waals surface area contributed by atoms with Gasteiger partial charge in [-0.05, 0) is 44.3 Å². The second-order valence-corrected chi connectivity index (χ2v) is 5.37. The van der Waals surface area contributed by atoms with E-state index in [2.05, 4.69) is 42.1 Å². The highest BCUT2D eigenvalue weighted by molar-refractivity contribution is 5.49. The molecule has 1 aliphatic rings. The minimum absolute atomic E-state index is 0.142. The number of hydrogen-bond donors (Lipinski definition) is 1. The van der Waals surface area contributed by atoms with E-state index in [0.717, 1.165) is 44.0 Å². The lowest BCUT2D eigenvalue weighted by Crippen LogP contribution is -2.50. The summed E-state index contributed by atoms with van der Waals surface area (Å²) in [4.78, 5) is 4.62. The lowest BCUT2D eigenvalue weighted by Gasteiger charge is -2.39. The number of rotatable bonds is 4. The Labute approximate surface area is 115 Å². The SMILES string of the molecule is CCNCc1cc(F)cc(N2CCN(C)C(C)C2)c1. The van der Waals surface area contributed by atoms with E-state index >= 15 is 0 Å². The van der Waals surface area contributed by atoms with Crippen LogP contribution in [0.1, 0.15) is 19.4 Å². The second-order valence-electron chi connectivity index (χ2n) is 5.37. The van der Waals surface area contributed by atoms with Crippen molar-refractivity contribution >= 4 is 5.69 Å². The summed E-state index contributed by atoms with van der Waals surface area (Å²) in [6, 6.07) is 5.87. The van der Waals surface area contributed by atoms with Gasteiger partial charge in [-0.15, -0.1) is 0 Å². The first kappa shape index (κ1) is 14.3. The fourth-order valence-corrected chi connectivity index (χ4v) is 2.47. The molecule has 1 aliphatic heterocycles. The Morgan fingerprint density at radius 3 is 2.79 bits per heavy atom. The molecule has 1 fully saturated rings. The summed E-state index contributed by atoms with van der Waals surface area (Å²) in [6.45, 7) is 8.85. The van der Waals surface area contributed by atoms with E-state index in [1.165, 1.54) is 0 Å². The van der Waals surface area contributed by atoms with Crippen LogP contribution in [0.4, 0.5) is 10.1 Å². The van der Waals surface area contributed by atoms with Crippen LogP contribution >= 0.6 is 0 Å². The van der Waals surface area contributed by atoms with Crippen LogP contribution < -0.4 is 10.2 Å². The molecule has 0 radical (unpaired) electrons. The molecule has 0 bridgehead atoms. The number of nitrogens with one attached hydrogen (secondary N) is 1. The van der Waals surface area contributed by atoms with Gasteiger partial charge in [0, 0.05) is 37.9 Å². The summed E-state index contributed by atoms with van der Waals surface area (Å²) in [6.07, 6.45) is 0. The highest BCUT2D eigenvalue weighted by Gasteiger charge is 2.21. The van der Waals surface area contributed by atoms with E-state index in [4.69, 9.17) is 0 Å². The van der Waals surface area contributed by atoms with Crippen molar-refractivity contribution < 1.29 is 4.39 Å². The summed E-state index contributed by atoms with van der Waals surface area (Å²) in [5, 5.41) is 3.24. The fraction of sp³-hybridized carbons (Fsp3) is 0.600. The van der Waals surface area contributed by atoms with Crippen LogP contribution in [0.3, 0.4) is 0 Å². The van der Waals surface area contributed by atoms with E-state index in [9.17, 15) is 4.39 Å². The van der Waals surface area contributed by atoms with Crippen molar-refractivity contribution in [2.24, 2.45) is 0 Å². The molecule has 1 heterocycles. The topological polar surface area (TPSA) is 18.5 Å². The summed E-state index contributed by atoms with van der Waals surface area (Å²) >= 11 is 0. The second kappa shape index (κ2) is 6.35. The van der Waals surface area contributed by atoms with Crippen LogP contribution in [0, 0.1) is 5.82 Å². The van der Waals surface area contributed by atoms with Gasteiger partial charge in [-0.1, -0.05) is 6.92 Å². The van der Waals surface area contributed by atoms with Crippen molar-refractivity contribution in [2.45, 2.75) is 26.4 Å². The summed E-state index contributed by atoms with van der Waals surface area (Å²) in [5.41, 5.74) is 2.02. The van der Waals surface area contributed by atoms with Crippen LogP contribution in [0.2, 0.25) is 0 Å². The van der Waals surface area contributed by atoms with Crippen molar-refractivity contribution in [1.29, 1.82) is 0 Å². The number of hydrogen-bond acceptors (Lipinski definition) is 3. The molecular weight excluding hydrogens is 241 g/mol. The zero-order chi connectivity index (χ0) is 13.8. The Morgan fingerprint density at radius 1 is 1.32 bits per heavy atom. The van der Waals surface area contributed by atoms with Gasteiger partial charge in [-0.3, -0.25) is 0 Å². The highest BCUT2D eigenvalue weighted by atomic mass is 19.1. The van der Waals surface area contributed by atoms with Gasteiger partial charge in [0.1, 0.15) is 5.82 Å². The van der Waals surface area contributed by atoms with E-state index in [0.29, 0.717) is 6.04 Å². The third kappa shape index (κ3) is 3.67. The first-order valence-electron chi connectivity index (χ1n) is 7.05. The van der Waals surface area contributed by atoms with Gasteiger partial charge in [0.05, 0.1) is 0 Å². The first-order chi connectivity index (χ1) is 9.10. The van der Waals surface area contributed by atoms with Crippen molar-refractivity contribution in [3.8, 4) is 0 Å². The molecule has 0 amide bonds. The average Bonchev–Trinajstić information content (AvgIpc) is 2.39. The van der Waals surface area contributed by atoms with Gasteiger partial charge in [0.15, 0.2) is 0 Å².